The Morgan fingerprint density at radius 3 is 2.30 bits per heavy atom. The number of aliphatic carboxylic acids is 1. The van der Waals surface area contributed by atoms with E-state index in [-0.39, 0.29) is 0 Å². The summed E-state index contributed by atoms with van der Waals surface area (Å²) in [5.74, 6) is -3.36. The van der Waals surface area contributed by atoms with Crippen LogP contribution in [0.25, 0.3) is 6.08 Å². The Morgan fingerprint density at radius 2 is 1.74 bits per heavy atom. The molecule has 0 aliphatic carbocycles. The Hall–Kier alpha value is -2.24. The molecule has 0 aromatic heterocycles. The maximum atomic E-state index is 12.7. The van der Waals surface area contributed by atoms with Gasteiger partial charge < -0.3 is 10.4 Å². The summed E-state index contributed by atoms with van der Waals surface area (Å²) in [7, 11) is -8.33. The van der Waals surface area contributed by atoms with Gasteiger partial charge in [0, 0.05) is 12.6 Å². The molecule has 150 valence electrons. The van der Waals surface area contributed by atoms with Gasteiger partial charge in [-0.05, 0) is 31.1 Å². The molecule has 0 bridgehead atoms. The molecule has 0 aliphatic heterocycles. The van der Waals surface area contributed by atoms with E-state index in [9.17, 15) is 26.4 Å². The summed E-state index contributed by atoms with van der Waals surface area (Å²) in [6, 6.07) is 6.25. The number of hydrogen-bond donors (Lipinski definition) is 3. The fourth-order valence-corrected chi connectivity index (χ4v) is 3.77. The first-order valence-electron chi connectivity index (χ1n) is 7.71. The fourth-order valence-electron chi connectivity index (χ4n) is 2.02. The molecular weight excluding hydrogens is 398 g/mol. The summed E-state index contributed by atoms with van der Waals surface area (Å²) in [6.45, 7) is 1.93. The van der Waals surface area contributed by atoms with Gasteiger partial charge in [0.05, 0.1) is 11.5 Å². The monoisotopic (exact) mass is 419 g/mol. The SMILES string of the molecule is CC(C)(C(=O)NCCS(=O)(=O)O)S(=O)(=O)Cc1ccccc1/C=C/C(=O)O. The molecule has 11 heteroatoms. The van der Waals surface area contributed by atoms with Gasteiger partial charge in [0.15, 0.2) is 9.84 Å². The minimum Gasteiger partial charge on any atom is -0.478 e. The lowest BCUT2D eigenvalue weighted by molar-refractivity contribution is -0.131. The van der Waals surface area contributed by atoms with Gasteiger partial charge in [-0.15, -0.1) is 0 Å². The van der Waals surface area contributed by atoms with Crippen molar-refractivity contribution in [3.05, 3.63) is 41.5 Å². The van der Waals surface area contributed by atoms with Crippen molar-refractivity contribution in [3.63, 3.8) is 0 Å². The summed E-state index contributed by atoms with van der Waals surface area (Å²) >= 11 is 0. The molecule has 3 N–H and O–H groups in total. The van der Waals surface area contributed by atoms with Crippen LogP contribution in [0.3, 0.4) is 0 Å². The van der Waals surface area contributed by atoms with Crippen molar-refractivity contribution in [1.29, 1.82) is 0 Å². The minimum atomic E-state index is -4.29. The highest BCUT2D eigenvalue weighted by molar-refractivity contribution is 7.92. The zero-order chi connectivity index (χ0) is 20.9. The van der Waals surface area contributed by atoms with Crippen LogP contribution >= 0.6 is 0 Å². The number of carboxylic acid groups (broad SMARTS) is 1. The molecule has 1 amide bonds. The van der Waals surface area contributed by atoms with Gasteiger partial charge in [-0.25, -0.2) is 13.2 Å². The molecule has 0 fully saturated rings. The molecule has 1 aromatic carbocycles. The minimum absolute atomic E-state index is 0.314. The van der Waals surface area contributed by atoms with Gasteiger partial charge in [-0.3, -0.25) is 9.35 Å². The molecule has 0 spiro atoms. The summed E-state index contributed by atoms with van der Waals surface area (Å²) in [5.41, 5.74) is 0.694. The van der Waals surface area contributed by atoms with Crippen molar-refractivity contribution in [2.45, 2.75) is 24.3 Å². The van der Waals surface area contributed by atoms with E-state index in [1.807, 2.05) is 0 Å². The first-order chi connectivity index (χ1) is 12.3. The lowest BCUT2D eigenvalue weighted by atomic mass is 10.1. The van der Waals surface area contributed by atoms with Crippen molar-refractivity contribution in [3.8, 4) is 0 Å². The molecule has 0 aliphatic rings. The van der Waals surface area contributed by atoms with Crippen LogP contribution in [-0.4, -0.2) is 55.4 Å². The van der Waals surface area contributed by atoms with Crippen LogP contribution in [0.5, 0.6) is 0 Å². The Kier molecular flexibility index (Phi) is 7.29. The number of benzene rings is 1. The van der Waals surface area contributed by atoms with Crippen molar-refractivity contribution >= 4 is 37.9 Å². The van der Waals surface area contributed by atoms with Crippen LogP contribution in [0.4, 0.5) is 0 Å². The highest BCUT2D eigenvalue weighted by Gasteiger charge is 2.41. The third-order valence-electron chi connectivity index (χ3n) is 3.78. The van der Waals surface area contributed by atoms with Gasteiger partial charge in [-0.2, -0.15) is 8.42 Å². The van der Waals surface area contributed by atoms with E-state index in [0.717, 1.165) is 6.08 Å². The Bertz CT molecular complexity index is 946. The summed E-state index contributed by atoms with van der Waals surface area (Å²) in [5, 5.41) is 10.9. The second kappa shape index (κ2) is 8.63. The molecule has 9 nitrogen and oxygen atoms in total. The smallest absolute Gasteiger partial charge is 0.328 e. The fraction of sp³-hybridized carbons (Fsp3) is 0.375. The van der Waals surface area contributed by atoms with Crippen molar-refractivity contribution in [1.82, 2.24) is 5.32 Å². The van der Waals surface area contributed by atoms with Gasteiger partial charge >= 0.3 is 5.97 Å². The van der Waals surface area contributed by atoms with Gasteiger partial charge in [0.25, 0.3) is 10.1 Å². The number of rotatable bonds is 9. The van der Waals surface area contributed by atoms with E-state index >= 15 is 0 Å². The second-order valence-corrected chi connectivity index (χ2v) is 10.3. The standard InChI is InChI=1S/C16H21NO8S2/c1-16(2,15(20)17-9-10-27(23,24)25)26(21,22)11-13-6-4-3-5-12(13)7-8-14(18)19/h3-8H,9-11H2,1-2H3,(H,17,20)(H,18,19)(H,23,24,25)/b8-7+. The van der Waals surface area contributed by atoms with Crippen LogP contribution in [0.15, 0.2) is 30.3 Å². The highest BCUT2D eigenvalue weighted by Crippen LogP contribution is 2.24. The predicted molar refractivity (Wildman–Crippen MR) is 99.2 cm³/mol. The number of nitrogens with one attached hydrogen (secondary N) is 1. The van der Waals surface area contributed by atoms with Crippen LogP contribution < -0.4 is 5.32 Å². The van der Waals surface area contributed by atoms with E-state index < -0.39 is 54.6 Å². The molecular formula is C16H21NO8S2. The molecule has 0 radical (unpaired) electrons. The van der Waals surface area contributed by atoms with Crippen LogP contribution in [0.1, 0.15) is 25.0 Å². The zero-order valence-corrected chi connectivity index (χ0v) is 16.4. The first-order valence-corrected chi connectivity index (χ1v) is 11.0. The van der Waals surface area contributed by atoms with Crippen molar-refractivity contribution in [2.24, 2.45) is 0 Å². The quantitative estimate of drug-likeness (QED) is 0.386. The maximum absolute atomic E-state index is 12.7. The number of sulfone groups is 1. The molecule has 0 unspecified atom stereocenters. The number of carbonyl (C=O) groups is 2. The second-order valence-electron chi connectivity index (χ2n) is 6.18. The van der Waals surface area contributed by atoms with E-state index in [2.05, 4.69) is 5.32 Å². The van der Waals surface area contributed by atoms with Crippen LogP contribution in [0.2, 0.25) is 0 Å². The van der Waals surface area contributed by atoms with E-state index in [4.69, 9.17) is 9.66 Å². The lowest BCUT2D eigenvalue weighted by Crippen LogP contribution is -2.49. The van der Waals surface area contributed by atoms with Crippen LogP contribution in [0, 0.1) is 0 Å². The molecule has 0 heterocycles. The van der Waals surface area contributed by atoms with Crippen molar-refractivity contribution < 1.29 is 36.1 Å². The first kappa shape index (κ1) is 22.8. The molecule has 1 aromatic rings. The maximum Gasteiger partial charge on any atom is 0.328 e. The number of hydrogen-bond acceptors (Lipinski definition) is 6. The average molecular weight is 419 g/mol. The van der Waals surface area contributed by atoms with Gasteiger partial charge in [0.1, 0.15) is 4.75 Å². The zero-order valence-electron chi connectivity index (χ0n) is 14.7. The number of carboxylic acids is 1. The molecule has 1 rings (SSSR count). The predicted octanol–water partition coefficient (Wildman–Crippen LogP) is 0.482. The average Bonchev–Trinajstić information content (AvgIpc) is 2.52. The molecule has 0 atom stereocenters. The Balaban J connectivity index is 3.02. The molecule has 27 heavy (non-hydrogen) atoms. The topological polar surface area (TPSA) is 155 Å². The van der Waals surface area contributed by atoms with Gasteiger partial charge in [-0.1, -0.05) is 24.3 Å². The number of carbonyl (C=O) groups excluding carboxylic acids is 1. The number of amides is 1. The summed E-state index contributed by atoms with van der Waals surface area (Å²) in [4.78, 5) is 22.9. The molecule has 0 saturated carbocycles. The summed E-state index contributed by atoms with van der Waals surface area (Å²) < 4.78 is 53.6. The lowest BCUT2D eigenvalue weighted by Gasteiger charge is -2.24. The normalized spacial score (nSPS) is 12.9. The van der Waals surface area contributed by atoms with Crippen LogP contribution in [-0.2, 0) is 35.3 Å². The highest BCUT2D eigenvalue weighted by atomic mass is 32.2. The third kappa shape index (κ3) is 6.77. The van der Waals surface area contributed by atoms with Crippen molar-refractivity contribution in [2.75, 3.05) is 12.3 Å². The largest absolute Gasteiger partial charge is 0.478 e. The Morgan fingerprint density at radius 1 is 1.15 bits per heavy atom. The Labute approximate surface area is 157 Å². The third-order valence-corrected chi connectivity index (χ3v) is 6.93. The van der Waals surface area contributed by atoms with E-state index in [1.54, 1.807) is 18.2 Å². The van der Waals surface area contributed by atoms with Gasteiger partial charge in [0.2, 0.25) is 5.91 Å². The van der Waals surface area contributed by atoms with E-state index in [0.29, 0.717) is 11.1 Å². The molecule has 0 saturated heterocycles. The van der Waals surface area contributed by atoms with E-state index in [1.165, 1.54) is 26.0 Å². The summed E-state index contributed by atoms with van der Waals surface area (Å²) in [6.07, 6.45) is 2.13.